The van der Waals surface area contributed by atoms with Crippen molar-refractivity contribution in [2.24, 2.45) is 13.0 Å². The second-order valence-corrected chi connectivity index (χ2v) is 8.84. The van der Waals surface area contributed by atoms with Crippen molar-refractivity contribution < 1.29 is 24.2 Å². The maximum absolute atomic E-state index is 12.4. The van der Waals surface area contributed by atoms with Gasteiger partial charge in [0.2, 0.25) is 0 Å². The number of carboxylic acids is 1. The van der Waals surface area contributed by atoms with Crippen LogP contribution in [0.5, 0.6) is 5.75 Å². The van der Waals surface area contributed by atoms with Crippen LogP contribution >= 0.6 is 0 Å². The molecule has 1 aromatic heterocycles. The van der Waals surface area contributed by atoms with Gasteiger partial charge in [0.05, 0.1) is 23.9 Å². The molecule has 8 nitrogen and oxygen atoms in total. The topological polar surface area (TPSA) is 93.9 Å². The van der Waals surface area contributed by atoms with E-state index in [1.807, 2.05) is 31.3 Å². The second-order valence-electron chi connectivity index (χ2n) is 8.84. The molecule has 2 aliphatic rings. The van der Waals surface area contributed by atoms with Gasteiger partial charge in [0, 0.05) is 25.7 Å². The van der Waals surface area contributed by atoms with E-state index in [0.717, 1.165) is 61.1 Å². The van der Waals surface area contributed by atoms with Crippen LogP contribution in [0, 0.1) is 5.92 Å². The summed E-state index contributed by atoms with van der Waals surface area (Å²) in [5, 5.41) is 13.6. The Bertz CT molecular complexity index is 951. The number of hydrogen-bond donors (Lipinski definition) is 1. The fourth-order valence-corrected chi connectivity index (χ4v) is 4.41. The van der Waals surface area contributed by atoms with Crippen molar-refractivity contribution in [2.75, 3.05) is 7.05 Å². The number of amides is 1. The first-order valence-electron chi connectivity index (χ1n) is 11.3. The molecule has 1 heterocycles. The normalized spacial score (nSPS) is 20.9. The molecule has 0 saturated heterocycles. The minimum absolute atomic E-state index is 0.0725. The van der Waals surface area contributed by atoms with E-state index in [0.29, 0.717) is 6.42 Å². The van der Waals surface area contributed by atoms with Crippen LogP contribution < -0.4 is 4.74 Å². The predicted molar refractivity (Wildman–Crippen MR) is 118 cm³/mol. The molecule has 2 aromatic rings. The summed E-state index contributed by atoms with van der Waals surface area (Å²) < 4.78 is 13.3. The van der Waals surface area contributed by atoms with Crippen molar-refractivity contribution in [3.63, 3.8) is 0 Å². The van der Waals surface area contributed by atoms with Gasteiger partial charge >= 0.3 is 12.1 Å². The summed E-state index contributed by atoms with van der Waals surface area (Å²) in [6.45, 7) is 0.151. The standard InChI is InChI=1S/C24H31N3O5/c1-26(18-6-4-7-18)24(30)31-15-22-21(14-25-27(22)2)16-9-11-19(12-10-16)32-20-8-3-5-17(13-20)23(28)29/h9-12,14,17-18,20H,3-8,13,15H2,1-2H3,(H,28,29)/t17-,20-/m0/s1. The van der Waals surface area contributed by atoms with Crippen LogP contribution in [0.4, 0.5) is 4.79 Å². The average Bonchev–Trinajstić information content (AvgIpc) is 3.11. The summed E-state index contributed by atoms with van der Waals surface area (Å²) in [7, 11) is 3.63. The van der Waals surface area contributed by atoms with Gasteiger partial charge in [-0.15, -0.1) is 0 Å². The molecule has 0 aliphatic heterocycles. The van der Waals surface area contributed by atoms with Gasteiger partial charge in [0.15, 0.2) is 0 Å². The van der Waals surface area contributed by atoms with Gasteiger partial charge in [-0.3, -0.25) is 9.48 Å². The molecular weight excluding hydrogens is 410 g/mol. The molecule has 0 spiro atoms. The maximum atomic E-state index is 12.4. The highest BCUT2D eigenvalue weighted by molar-refractivity contribution is 5.70. The summed E-state index contributed by atoms with van der Waals surface area (Å²) in [6, 6.07) is 7.99. The van der Waals surface area contributed by atoms with E-state index in [4.69, 9.17) is 9.47 Å². The smallest absolute Gasteiger partial charge is 0.410 e. The van der Waals surface area contributed by atoms with E-state index < -0.39 is 5.97 Å². The number of carbonyl (C=O) groups excluding carboxylic acids is 1. The van der Waals surface area contributed by atoms with Gasteiger partial charge < -0.3 is 19.5 Å². The Kier molecular flexibility index (Phi) is 6.67. The zero-order valence-electron chi connectivity index (χ0n) is 18.7. The van der Waals surface area contributed by atoms with E-state index >= 15 is 0 Å². The minimum atomic E-state index is -0.739. The third kappa shape index (κ3) is 4.89. The fraction of sp³-hybridized carbons (Fsp3) is 0.542. The largest absolute Gasteiger partial charge is 0.490 e. The van der Waals surface area contributed by atoms with Crippen molar-refractivity contribution in [1.82, 2.24) is 14.7 Å². The molecule has 2 fully saturated rings. The molecule has 8 heteroatoms. The van der Waals surface area contributed by atoms with E-state index in [9.17, 15) is 14.7 Å². The Hall–Kier alpha value is -3.03. The van der Waals surface area contributed by atoms with Crippen LogP contribution in [-0.4, -0.2) is 51.0 Å². The van der Waals surface area contributed by atoms with Gasteiger partial charge in [-0.1, -0.05) is 12.1 Å². The lowest BCUT2D eigenvalue weighted by Gasteiger charge is -2.33. The summed E-state index contributed by atoms with van der Waals surface area (Å²) >= 11 is 0. The van der Waals surface area contributed by atoms with Gasteiger partial charge in [0.1, 0.15) is 12.4 Å². The molecule has 2 saturated carbocycles. The number of carbonyl (C=O) groups is 2. The van der Waals surface area contributed by atoms with Crippen molar-refractivity contribution in [2.45, 2.75) is 63.7 Å². The summed E-state index contributed by atoms with van der Waals surface area (Å²) in [5.74, 6) is -0.335. The van der Waals surface area contributed by atoms with E-state index in [-0.39, 0.29) is 30.8 Å². The Labute approximate surface area is 188 Å². The summed E-state index contributed by atoms with van der Waals surface area (Å²) in [4.78, 5) is 25.3. The third-order valence-electron chi connectivity index (χ3n) is 6.75. The molecule has 172 valence electrons. The second kappa shape index (κ2) is 9.63. The molecule has 2 aliphatic carbocycles. The van der Waals surface area contributed by atoms with Crippen LogP contribution in [0.1, 0.15) is 50.6 Å². The number of aryl methyl sites for hydroxylation is 1. The molecule has 4 rings (SSSR count). The van der Waals surface area contributed by atoms with Crippen LogP contribution in [0.25, 0.3) is 11.1 Å². The lowest BCUT2D eigenvalue weighted by molar-refractivity contribution is -0.143. The van der Waals surface area contributed by atoms with Crippen LogP contribution in [0.2, 0.25) is 0 Å². The van der Waals surface area contributed by atoms with Crippen molar-refractivity contribution in [1.29, 1.82) is 0 Å². The molecule has 0 bridgehead atoms. The van der Waals surface area contributed by atoms with Crippen molar-refractivity contribution in [3.8, 4) is 16.9 Å². The lowest BCUT2D eigenvalue weighted by Crippen LogP contribution is -2.41. The quantitative estimate of drug-likeness (QED) is 0.691. The molecular formula is C24H31N3O5. The number of carboxylic acid groups (broad SMARTS) is 1. The Morgan fingerprint density at radius 3 is 2.53 bits per heavy atom. The molecule has 0 unspecified atom stereocenters. The first-order chi connectivity index (χ1) is 15.4. The first kappa shape index (κ1) is 22.2. The zero-order valence-corrected chi connectivity index (χ0v) is 18.7. The molecule has 0 radical (unpaired) electrons. The van der Waals surface area contributed by atoms with E-state index in [1.165, 1.54) is 0 Å². The van der Waals surface area contributed by atoms with Crippen molar-refractivity contribution in [3.05, 3.63) is 36.2 Å². The Morgan fingerprint density at radius 1 is 1.16 bits per heavy atom. The number of rotatable bonds is 7. The maximum Gasteiger partial charge on any atom is 0.410 e. The monoisotopic (exact) mass is 441 g/mol. The molecule has 1 N–H and O–H groups in total. The van der Waals surface area contributed by atoms with Gasteiger partial charge in [-0.05, 0) is 62.6 Å². The third-order valence-corrected chi connectivity index (χ3v) is 6.75. The number of hydrogen-bond acceptors (Lipinski definition) is 5. The number of ether oxygens (including phenoxy) is 2. The fourth-order valence-electron chi connectivity index (χ4n) is 4.41. The number of benzene rings is 1. The average molecular weight is 442 g/mol. The number of nitrogens with zero attached hydrogens (tertiary/aromatic N) is 3. The number of aliphatic carboxylic acids is 1. The van der Waals surface area contributed by atoms with Crippen LogP contribution in [-0.2, 0) is 23.2 Å². The lowest BCUT2D eigenvalue weighted by atomic mass is 9.87. The van der Waals surface area contributed by atoms with Gasteiger partial charge in [-0.25, -0.2) is 4.79 Å². The Morgan fingerprint density at radius 2 is 1.88 bits per heavy atom. The zero-order chi connectivity index (χ0) is 22.7. The minimum Gasteiger partial charge on any atom is -0.490 e. The van der Waals surface area contributed by atoms with Crippen LogP contribution in [0.15, 0.2) is 30.5 Å². The highest BCUT2D eigenvalue weighted by atomic mass is 16.6. The first-order valence-corrected chi connectivity index (χ1v) is 11.3. The SMILES string of the molecule is CN(C(=O)OCc1c(-c2ccc(O[C@H]3CCC[C@H](C(=O)O)C3)cc2)cnn1C)C1CCC1. The van der Waals surface area contributed by atoms with E-state index in [1.54, 1.807) is 22.8 Å². The molecule has 1 aromatic carbocycles. The highest BCUT2D eigenvalue weighted by Gasteiger charge is 2.28. The van der Waals surface area contributed by atoms with Gasteiger partial charge in [-0.2, -0.15) is 5.10 Å². The van der Waals surface area contributed by atoms with Crippen molar-refractivity contribution >= 4 is 12.1 Å². The molecule has 32 heavy (non-hydrogen) atoms. The molecule has 1 amide bonds. The Balaban J connectivity index is 1.39. The summed E-state index contributed by atoms with van der Waals surface area (Å²) in [6.07, 6.45) is 7.64. The number of aromatic nitrogens is 2. The summed E-state index contributed by atoms with van der Waals surface area (Å²) in [5.41, 5.74) is 2.68. The highest BCUT2D eigenvalue weighted by Crippen LogP contribution is 2.30. The van der Waals surface area contributed by atoms with Crippen LogP contribution in [0.3, 0.4) is 0 Å². The molecule has 2 atom stereocenters. The van der Waals surface area contributed by atoms with E-state index in [2.05, 4.69) is 5.10 Å². The van der Waals surface area contributed by atoms with Gasteiger partial charge in [0.25, 0.3) is 0 Å². The predicted octanol–water partition coefficient (Wildman–Crippen LogP) is 4.23.